The SMILES string of the molecule is O=C(NCC1(c2ccc3c(c2)OCCO3)CCCC1)c1cnn(-c2ccccc2)c1. The van der Waals surface area contributed by atoms with Crippen molar-refractivity contribution in [1.82, 2.24) is 15.1 Å². The molecule has 30 heavy (non-hydrogen) atoms. The van der Waals surface area contributed by atoms with Gasteiger partial charge in [-0.25, -0.2) is 4.68 Å². The van der Waals surface area contributed by atoms with E-state index >= 15 is 0 Å². The van der Waals surface area contributed by atoms with Crippen molar-refractivity contribution in [1.29, 1.82) is 0 Å². The summed E-state index contributed by atoms with van der Waals surface area (Å²) in [6.07, 6.45) is 7.82. The second kappa shape index (κ2) is 7.86. The average molecular weight is 403 g/mol. The van der Waals surface area contributed by atoms with Crippen LogP contribution in [-0.2, 0) is 5.41 Å². The van der Waals surface area contributed by atoms with Gasteiger partial charge in [0.25, 0.3) is 5.91 Å². The highest BCUT2D eigenvalue weighted by atomic mass is 16.6. The number of rotatable bonds is 5. The predicted molar refractivity (Wildman–Crippen MR) is 113 cm³/mol. The number of benzene rings is 2. The van der Waals surface area contributed by atoms with E-state index in [1.165, 1.54) is 5.56 Å². The van der Waals surface area contributed by atoms with Gasteiger partial charge in [0.2, 0.25) is 0 Å². The Labute approximate surface area is 175 Å². The molecule has 0 saturated heterocycles. The summed E-state index contributed by atoms with van der Waals surface area (Å²) in [7, 11) is 0. The van der Waals surface area contributed by atoms with Crippen molar-refractivity contribution in [3.8, 4) is 17.2 Å². The molecule has 0 bridgehead atoms. The number of para-hydroxylation sites is 1. The number of amides is 1. The number of hydrogen-bond donors (Lipinski definition) is 1. The van der Waals surface area contributed by atoms with Crippen molar-refractivity contribution < 1.29 is 14.3 Å². The van der Waals surface area contributed by atoms with Crippen LogP contribution in [0.2, 0.25) is 0 Å². The molecule has 2 heterocycles. The van der Waals surface area contributed by atoms with Crippen LogP contribution < -0.4 is 14.8 Å². The van der Waals surface area contributed by atoms with Gasteiger partial charge in [-0.3, -0.25) is 4.79 Å². The first-order valence-corrected chi connectivity index (χ1v) is 10.5. The first-order valence-electron chi connectivity index (χ1n) is 10.5. The number of ether oxygens (including phenoxy) is 2. The summed E-state index contributed by atoms with van der Waals surface area (Å²) in [4.78, 5) is 12.8. The third-order valence-corrected chi connectivity index (χ3v) is 6.17. The Kier molecular flexibility index (Phi) is 4.91. The van der Waals surface area contributed by atoms with Gasteiger partial charge in [-0.05, 0) is 42.7 Å². The maximum atomic E-state index is 12.8. The van der Waals surface area contributed by atoms with Crippen LogP contribution in [0.5, 0.6) is 11.5 Å². The lowest BCUT2D eigenvalue weighted by Gasteiger charge is -2.31. The largest absolute Gasteiger partial charge is 0.486 e. The molecule has 6 heteroatoms. The monoisotopic (exact) mass is 403 g/mol. The van der Waals surface area contributed by atoms with Gasteiger partial charge in [-0.1, -0.05) is 37.1 Å². The molecule has 2 aromatic carbocycles. The van der Waals surface area contributed by atoms with Gasteiger partial charge < -0.3 is 14.8 Å². The lowest BCUT2D eigenvalue weighted by atomic mass is 9.78. The van der Waals surface area contributed by atoms with Crippen LogP contribution in [0.4, 0.5) is 0 Å². The van der Waals surface area contributed by atoms with E-state index in [2.05, 4.69) is 22.5 Å². The van der Waals surface area contributed by atoms with E-state index < -0.39 is 0 Å². The Bertz CT molecular complexity index is 1040. The number of carbonyl (C=O) groups is 1. The number of fused-ring (bicyclic) bond motifs is 1. The highest BCUT2D eigenvalue weighted by Gasteiger charge is 2.37. The quantitative estimate of drug-likeness (QED) is 0.702. The maximum absolute atomic E-state index is 12.8. The molecule has 1 aromatic heterocycles. The summed E-state index contributed by atoms with van der Waals surface area (Å²) in [5, 5.41) is 7.50. The molecule has 1 aliphatic heterocycles. The van der Waals surface area contributed by atoms with Gasteiger partial charge >= 0.3 is 0 Å². The van der Waals surface area contributed by atoms with Crippen molar-refractivity contribution in [2.75, 3.05) is 19.8 Å². The highest BCUT2D eigenvalue weighted by Crippen LogP contribution is 2.43. The van der Waals surface area contributed by atoms with Gasteiger partial charge in [0, 0.05) is 18.2 Å². The lowest BCUT2D eigenvalue weighted by molar-refractivity contribution is 0.0943. The molecule has 0 radical (unpaired) electrons. The molecule has 1 aliphatic carbocycles. The van der Waals surface area contributed by atoms with Gasteiger partial charge in [-0.2, -0.15) is 5.10 Å². The molecule has 1 fully saturated rings. The minimum Gasteiger partial charge on any atom is -0.486 e. The molecule has 0 spiro atoms. The van der Waals surface area contributed by atoms with Gasteiger partial charge in [0.15, 0.2) is 11.5 Å². The van der Waals surface area contributed by atoms with Gasteiger partial charge in [0.1, 0.15) is 13.2 Å². The summed E-state index contributed by atoms with van der Waals surface area (Å²) < 4.78 is 13.2. The zero-order valence-corrected chi connectivity index (χ0v) is 16.8. The zero-order valence-electron chi connectivity index (χ0n) is 16.8. The van der Waals surface area contributed by atoms with E-state index in [0.717, 1.165) is 42.9 Å². The Balaban J connectivity index is 1.32. The van der Waals surface area contributed by atoms with E-state index in [1.807, 2.05) is 36.4 Å². The average Bonchev–Trinajstić information content (AvgIpc) is 3.49. The summed E-state index contributed by atoms with van der Waals surface area (Å²) in [6.45, 7) is 1.76. The molecule has 0 atom stereocenters. The third kappa shape index (κ3) is 3.54. The number of nitrogens with one attached hydrogen (secondary N) is 1. The standard InChI is InChI=1S/C24H25N3O3/c28-23(18-15-26-27(16-18)20-6-2-1-3-7-20)25-17-24(10-4-5-11-24)19-8-9-21-22(14-19)30-13-12-29-21/h1-3,6-9,14-16H,4-5,10-13,17H2,(H,25,28). The normalized spacial score (nSPS) is 16.9. The topological polar surface area (TPSA) is 65.4 Å². The second-order valence-electron chi connectivity index (χ2n) is 8.04. The van der Waals surface area contributed by atoms with Gasteiger partial charge in [0.05, 0.1) is 17.4 Å². The van der Waals surface area contributed by atoms with Crippen LogP contribution in [0.1, 0.15) is 41.6 Å². The number of aromatic nitrogens is 2. The number of hydrogen-bond acceptors (Lipinski definition) is 4. The molecule has 5 rings (SSSR count). The summed E-state index contributed by atoms with van der Waals surface area (Å²) in [5.41, 5.74) is 2.64. The molecule has 2 aliphatic rings. The fourth-order valence-corrected chi connectivity index (χ4v) is 4.51. The minimum atomic E-state index is -0.0963. The number of carbonyl (C=O) groups excluding carboxylic acids is 1. The molecule has 1 amide bonds. The Morgan fingerprint density at radius 1 is 1.03 bits per heavy atom. The summed E-state index contributed by atoms with van der Waals surface area (Å²) >= 11 is 0. The van der Waals surface area contributed by atoms with E-state index in [-0.39, 0.29) is 11.3 Å². The molecule has 1 saturated carbocycles. The second-order valence-corrected chi connectivity index (χ2v) is 8.04. The Morgan fingerprint density at radius 2 is 1.80 bits per heavy atom. The predicted octanol–water partition coefficient (Wildman–Crippen LogP) is 3.89. The molecule has 154 valence electrons. The summed E-state index contributed by atoms with van der Waals surface area (Å²) in [5.74, 6) is 1.51. The van der Waals surface area contributed by atoms with Crippen LogP contribution in [0.25, 0.3) is 5.69 Å². The zero-order chi connectivity index (χ0) is 20.4. The maximum Gasteiger partial charge on any atom is 0.254 e. The van der Waals surface area contributed by atoms with Crippen molar-refractivity contribution in [2.45, 2.75) is 31.1 Å². The number of nitrogens with zero attached hydrogens (tertiary/aromatic N) is 2. The first kappa shape index (κ1) is 18.7. The molecular formula is C24H25N3O3. The highest BCUT2D eigenvalue weighted by molar-refractivity contribution is 5.93. The molecule has 3 aromatic rings. The molecule has 6 nitrogen and oxygen atoms in total. The fraction of sp³-hybridized carbons (Fsp3) is 0.333. The van der Waals surface area contributed by atoms with Crippen LogP contribution in [0.15, 0.2) is 60.9 Å². The molecule has 0 unspecified atom stereocenters. The van der Waals surface area contributed by atoms with E-state index in [9.17, 15) is 4.79 Å². The minimum absolute atomic E-state index is 0.0685. The van der Waals surface area contributed by atoms with E-state index in [0.29, 0.717) is 25.3 Å². The van der Waals surface area contributed by atoms with Crippen LogP contribution in [0.3, 0.4) is 0 Å². The third-order valence-electron chi connectivity index (χ3n) is 6.17. The Hall–Kier alpha value is -3.28. The van der Waals surface area contributed by atoms with E-state index in [4.69, 9.17) is 9.47 Å². The van der Waals surface area contributed by atoms with Crippen LogP contribution in [-0.4, -0.2) is 35.4 Å². The van der Waals surface area contributed by atoms with Crippen LogP contribution in [0, 0.1) is 0 Å². The fourth-order valence-electron chi connectivity index (χ4n) is 4.51. The first-order chi connectivity index (χ1) is 14.7. The van der Waals surface area contributed by atoms with Crippen molar-refractivity contribution in [2.24, 2.45) is 0 Å². The van der Waals surface area contributed by atoms with Crippen molar-refractivity contribution in [3.05, 3.63) is 72.1 Å². The van der Waals surface area contributed by atoms with Crippen molar-refractivity contribution in [3.63, 3.8) is 0 Å². The van der Waals surface area contributed by atoms with Crippen LogP contribution >= 0.6 is 0 Å². The summed E-state index contributed by atoms with van der Waals surface area (Å²) in [6, 6.07) is 16.0. The van der Waals surface area contributed by atoms with E-state index in [1.54, 1.807) is 17.1 Å². The lowest BCUT2D eigenvalue weighted by Crippen LogP contribution is -2.39. The van der Waals surface area contributed by atoms with Gasteiger partial charge in [-0.15, -0.1) is 0 Å². The smallest absolute Gasteiger partial charge is 0.254 e. The molecule has 1 N–H and O–H groups in total. The molecular weight excluding hydrogens is 378 g/mol. The Morgan fingerprint density at radius 3 is 2.60 bits per heavy atom. The van der Waals surface area contributed by atoms with Crippen molar-refractivity contribution >= 4 is 5.91 Å².